The van der Waals surface area contributed by atoms with E-state index in [0.29, 0.717) is 5.76 Å². The van der Waals surface area contributed by atoms with Crippen LogP contribution < -0.4 is 15.4 Å². The molecule has 3 rings (SSSR count). The van der Waals surface area contributed by atoms with E-state index in [1.54, 1.807) is 36.4 Å². The van der Waals surface area contributed by atoms with Gasteiger partial charge in [-0.15, -0.1) is 6.42 Å². The number of amides is 2. The van der Waals surface area contributed by atoms with Crippen LogP contribution in [0.2, 0.25) is 0 Å². The van der Waals surface area contributed by atoms with Crippen molar-refractivity contribution in [3.05, 3.63) is 83.8 Å². The molecule has 2 amide bonds. The van der Waals surface area contributed by atoms with Crippen molar-refractivity contribution in [1.82, 2.24) is 10.0 Å². The maximum atomic E-state index is 12.7. The number of hydrogen-bond donors (Lipinski definition) is 3. The largest absolute Gasteiger partial charge is 0.467 e. The lowest BCUT2D eigenvalue weighted by atomic mass is 10.1. The number of furan rings is 1. The molecule has 0 saturated heterocycles. The molecule has 0 spiro atoms. The number of anilines is 1. The minimum absolute atomic E-state index is 0.0973. The first kappa shape index (κ1) is 21.8. The van der Waals surface area contributed by atoms with Gasteiger partial charge in [-0.1, -0.05) is 24.1 Å². The topological polar surface area (TPSA) is 118 Å². The number of benzene rings is 2. The van der Waals surface area contributed by atoms with Gasteiger partial charge in [0.25, 0.3) is 11.8 Å². The summed E-state index contributed by atoms with van der Waals surface area (Å²) in [4.78, 5) is 25.2. The minimum Gasteiger partial charge on any atom is -0.467 e. The summed E-state index contributed by atoms with van der Waals surface area (Å²) in [6.07, 6.45) is 6.59. The van der Waals surface area contributed by atoms with Crippen LogP contribution in [0.3, 0.4) is 0 Å². The molecule has 0 aliphatic rings. The predicted molar refractivity (Wildman–Crippen MR) is 115 cm³/mol. The summed E-state index contributed by atoms with van der Waals surface area (Å²) in [5.74, 6) is 1.81. The lowest BCUT2D eigenvalue weighted by Gasteiger charge is -2.12. The van der Waals surface area contributed by atoms with E-state index >= 15 is 0 Å². The highest BCUT2D eigenvalue weighted by molar-refractivity contribution is 7.89. The molecule has 9 heteroatoms. The lowest BCUT2D eigenvalue weighted by Crippen LogP contribution is -2.25. The fourth-order valence-electron chi connectivity index (χ4n) is 2.68. The molecule has 0 radical (unpaired) electrons. The van der Waals surface area contributed by atoms with Crippen LogP contribution in [0.5, 0.6) is 0 Å². The van der Waals surface area contributed by atoms with Crippen LogP contribution in [0.1, 0.15) is 26.5 Å². The predicted octanol–water partition coefficient (Wildman–Crippen LogP) is 2.37. The van der Waals surface area contributed by atoms with Crippen LogP contribution in [0.15, 0.2) is 76.2 Å². The molecule has 0 bridgehead atoms. The fourth-order valence-corrected chi connectivity index (χ4v) is 3.66. The summed E-state index contributed by atoms with van der Waals surface area (Å²) in [5.41, 5.74) is 0.638. The summed E-state index contributed by atoms with van der Waals surface area (Å²) in [6.45, 7) is 0.0257. The summed E-state index contributed by atoms with van der Waals surface area (Å²) < 4.78 is 31.9. The van der Waals surface area contributed by atoms with Gasteiger partial charge in [0, 0.05) is 5.56 Å². The molecule has 3 aromatic rings. The molecule has 0 saturated carbocycles. The molecule has 0 aliphatic heterocycles. The maximum absolute atomic E-state index is 12.7. The smallest absolute Gasteiger partial charge is 0.255 e. The van der Waals surface area contributed by atoms with Gasteiger partial charge in [0.1, 0.15) is 5.76 Å². The van der Waals surface area contributed by atoms with Crippen LogP contribution >= 0.6 is 0 Å². The van der Waals surface area contributed by atoms with E-state index in [1.165, 1.54) is 30.5 Å². The Balaban J connectivity index is 1.76. The van der Waals surface area contributed by atoms with Crippen molar-refractivity contribution in [2.45, 2.75) is 11.4 Å². The number of hydrogen-bond acceptors (Lipinski definition) is 5. The zero-order valence-corrected chi connectivity index (χ0v) is 17.1. The van der Waals surface area contributed by atoms with Gasteiger partial charge in [-0.25, -0.2) is 8.42 Å². The van der Waals surface area contributed by atoms with E-state index in [1.807, 2.05) is 0 Å². The highest BCUT2D eigenvalue weighted by atomic mass is 32.2. The van der Waals surface area contributed by atoms with Crippen LogP contribution in [-0.2, 0) is 16.6 Å². The summed E-state index contributed by atoms with van der Waals surface area (Å²) in [5, 5.41) is 5.37. The highest BCUT2D eigenvalue weighted by Gasteiger charge is 2.17. The van der Waals surface area contributed by atoms with Gasteiger partial charge >= 0.3 is 0 Å². The number of nitrogens with one attached hydrogen (secondary N) is 3. The average molecular weight is 437 g/mol. The third kappa shape index (κ3) is 5.60. The van der Waals surface area contributed by atoms with Crippen molar-refractivity contribution in [3.8, 4) is 12.3 Å². The molecule has 2 aromatic carbocycles. The van der Waals surface area contributed by atoms with Crippen molar-refractivity contribution in [3.63, 3.8) is 0 Å². The molecule has 0 aliphatic carbocycles. The summed E-state index contributed by atoms with van der Waals surface area (Å²) >= 11 is 0. The van der Waals surface area contributed by atoms with E-state index < -0.39 is 21.8 Å². The molecule has 0 fully saturated rings. The van der Waals surface area contributed by atoms with Gasteiger partial charge in [-0.2, -0.15) is 4.72 Å². The lowest BCUT2D eigenvalue weighted by molar-refractivity contribution is 0.0949. The second kappa shape index (κ2) is 9.75. The molecule has 3 N–H and O–H groups in total. The number of terminal acetylenes is 1. The van der Waals surface area contributed by atoms with Crippen molar-refractivity contribution < 1.29 is 22.4 Å². The van der Waals surface area contributed by atoms with Crippen molar-refractivity contribution in [1.29, 1.82) is 0 Å². The standard InChI is InChI=1S/C22H19N3O5S/c1-2-12-24-31(28,29)18-9-5-7-16(14-18)21(26)25-20-11-4-3-10-19(20)22(27)23-15-17-8-6-13-30-17/h1,3-11,13-14,24H,12,15H2,(H,23,27)(H,25,26). The molecule has 0 unspecified atom stereocenters. The zero-order valence-electron chi connectivity index (χ0n) is 16.3. The first-order valence-corrected chi connectivity index (χ1v) is 10.6. The highest BCUT2D eigenvalue weighted by Crippen LogP contribution is 2.18. The van der Waals surface area contributed by atoms with Crippen molar-refractivity contribution in [2.24, 2.45) is 0 Å². The van der Waals surface area contributed by atoms with Gasteiger partial charge in [0.15, 0.2) is 0 Å². The molecule has 0 atom stereocenters. The van der Waals surface area contributed by atoms with E-state index in [-0.39, 0.29) is 34.8 Å². The molecule has 31 heavy (non-hydrogen) atoms. The van der Waals surface area contributed by atoms with Gasteiger partial charge in [-0.05, 0) is 42.5 Å². The van der Waals surface area contributed by atoms with Gasteiger partial charge in [0.2, 0.25) is 10.0 Å². The Bertz CT molecular complexity index is 1230. The Kier molecular flexibility index (Phi) is 6.87. The van der Waals surface area contributed by atoms with Crippen LogP contribution in [0, 0.1) is 12.3 Å². The van der Waals surface area contributed by atoms with Crippen LogP contribution in [0.25, 0.3) is 0 Å². The van der Waals surface area contributed by atoms with Gasteiger partial charge < -0.3 is 15.1 Å². The van der Waals surface area contributed by atoms with Crippen molar-refractivity contribution >= 4 is 27.5 Å². The fraction of sp³-hybridized carbons (Fsp3) is 0.0909. The van der Waals surface area contributed by atoms with E-state index in [2.05, 4.69) is 21.3 Å². The van der Waals surface area contributed by atoms with E-state index in [9.17, 15) is 18.0 Å². The van der Waals surface area contributed by atoms with Gasteiger partial charge in [0.05, 0.1) is 35.5 Å². The quantitative estimate of drug-likeness (QED) is 0.468. The summed E-state index contributed by atoms with van der Waals surface area (Å²) in [7, 11) is -3.85. The minimum atomic E-state index is -3.85. The van der Waals surface area contributed by atoms with Crippen LogP contribution in [0.4, 0.5) is 5.69 Å². The number of rotatable bonds is 8. The maximum Gasteiger partial charge on any atom is 0.255 e. The van der Waals surface area contributed by atoms with E-state index in [4.69, 9.17) is 10.8 Å². The Hall–Kier alpha value is -3.87. The molecule has 158 valence electrons. The van der Waals surface area contributed by atoms with Gasteiger partial charge in [-0.3, -0.25) is 9.59 Å². The third-order valence-corrected chi connectivity index (χ3v) is 5.59. The van der Waals surface area contributed by atoms with E-state index in [0.717, 1.165) is 0 Å². The van der Waals surface area contributed by atoms with Crippen molar-refractivity contribution in [2.75, 3.05) is 11.9 Å². The number of carbonyl (C=O) groups is 2. The second-order valence-corrected chi connectivity index (χ2v) is 8.09. The molecular formula is C22H19N3O5S. The first-order chi connectivity index (χ1) is 14.9. The van der Waals surface area contributed by atoms with Crippen LogP contribution in [-0.4, -0.2) is 26.8 Å². The Morgan fingerprint density at radius 3 is 2.55 bits per heavy atom. The Morgan fingerprint density at radius 1 is 1.00 bits per heavy atom. The Morgan fingerprint density at radius 2 is 1.81 bits per heavy atom. The first-order valence-electron chi connectivity index (χ1n) is 9.15. The molecule has 8 nitrogen and oxygen atoms in total. The number of para-hydroxylation sites is 1. The summed E-state index contributed by atoms with van der Waals surface area (Å²) in [6, 6.07) is 15.4. The zero-order chi connectivity index (χ0) is 22.3. The second-order valence-electron chi connectivity index (χ2n) is 6.32. The monoisotopic (exact) mass is 437 g/mol. The average Bonchev–Trinajstić information content (AvgIpc) is 3.30. The SMILES string of the molecule is C#CCNS(=O)(=O)c1cccc(C(=O)Nc2ccccc2C(=O)NCc2ccco2)c1. The molecule has 1 aromatic heterocycles. The normalized spacial score (nSPS) is 10.8. The number of carbonyl (C=O) groups excluding carboxylic acids is 2. The molecular weight excluding hydrogens is 418 g/mol. The number of sulfonamides is 1. The Labute approximate surface area is 179 Å². The third-order valence-electron chi connectivity index (χ3n) is 4.19. The molecule has 1 heterocycles.